The molecular formula is C17H16BrNO4. The van der Waals surface area contributed by atoms with Gasteiger partial charge in [0.15, 0.2) is 0 Å². The highest BCUT2D eigenvalue weighted by atomic mass is 79.9. The van der Waals surface area contributed by atoms with Crippen LogP contribution in [0.1, 0.15) is 22.8 Å². The second-order valence-electron chi connectivity index (χ2n) is 4.60. The SMILES string of the molecule is CCOC(=O)c1ccc(NC(=O)OCc2ccccc2)c(Br)c1. The van der Waals surface area contributed by atoms with Crippen LogP contribution in [0.5, 0.6) is 0 Å². The number of anilines is 1. The van der Waals surface area contributed by atoms with E-state index in [0.717, 1.165) is 5.56 Å². The summed E-state index contributed by atoms with van der Waals surface area (Å²) in [5, 5.41) is 2.62. The summed E-state index contributed by atoms with van der Waals surface area (Å²) in [6.45, 7) is 2.24. The van der Waals surface area contributed by atoms with Crippen LogP contribution in [0.4, 0.5) is 10.5 Å². The number of benzene rings is 2. The first-order chi connectivity index (χ1) is 11.1. The second-order valence-corrected chi connectivity index (χ2v) is 5.46. The number of esters is 1. The van der Waals surface area contributed by atoms with Gasteiger partial charge in [-0.15, -0.1) is 0 Å². The standard InChI is InChI=1S/C17H16BrNO4/c1-2-22-16(20)13-8-9-15(14(18)10-13)19-17(21)23-11-12-6-4-3-5-7-12/h3-10H,2,11H2,1H3,(H,19,21). The predicted octanol–water partition coefficient (Wildman–Crippen LogP) is 4.37. The molecule has 0 atom stereocenters. The van der Waals surface area contributed by atoms with Crippen LogP contribution in [0.3, 0.4) is 0 Å². The molecule has 0 saturated carbocycles. The van der Waals surface area contributed by atoms with Crippen LogP contribution < -0.4 is 5.32 Å². The molecule has 0 aliphatic heterocycles. The van der Waals surface area contributed by atoms with E-state index in [0.29, 0.717) is 22.3 Å². The fraction of sp³-hybridized carbons (Fsp3) is 0.176. The molecule has 2 rings (SSSR count). The van der Waals surface area contributed by atoms with Gasteiger partial charge in [0.25, 0.3) is 0 Å². The molecule has 0 fully saturated rings. The Bertz CT molecular complexity index is 688. The lowest BCUT2D eigenvalue weighted by Gasteiger charge is -2.10. The van der Waals surface area contributed by atoms with Crippen molar-refractivity contribution >= 4 is 33.7 Å². The third-order valence-electron chi connectivity index (χ3n) is 2.93. The zero-order valence-corrected chi connectivity index (χ0v) is 14.1. The van der Waals surface area contributed by atoms with E-state index < -0.39 is 12.1 Å². The summed E-state index contributed by atoms with van der Waals surface area (Å²) in [6, 6.07) is 14.2. The Morgan fingerprint density at radius 1 is 1.09 bits per heavy atom. The average molecular weight is 378 g/mol. The zero-order chi connectivity index (χ0) is 16.7. The van der Waals surface area contributed by atoms with Gasteiger partial charge < -0.3 is 9.47 Å². The van der Waals surface area contributed by atoms with Gasteiger partial charge in [-0.1, -0.05) is 30.3 Å². The normalized spacial score (nSPS) is 10.0. The van der Waals surface area contributed by atoms with Crippen molar-refractivity contribution in [2.45, 2.75) is 13.5 Å². The minimum atomic E-state index is -0.571. The summed E-state index contributed by atoms with van der Waals surface area (Å²) in [6.07, 6.45) is -0.571. The summed E-state index contributed by atoms with van der Waals surface area (Å²) in [5.74, 6) is -0.411. The summed E-state index contributed by atoms with van der Waals surface area (Å²) in [7, 11) is 0. The lowest BCUT2D eigenvalue weighted by molar-refractivity contribution is 0.0526. The zero-order valence-electron chi connectivity index (χ0n) is 12.5. The molecule has 0 aliphatic rings. The van der Waals surface area contributed by atoms with Gasteiger partial charge in [0.05, 0.1) is 17.9 Å². The molecule has 0 unspecified atom stereocenters. The van der Waals surface area contributed by atoms with Crippen molar-refractivity contribution in [3.63, 3.8) is 0 Å². The van der Waals surface area contributed by atoms with E-state index in [1.807, 2.05) is 30.3 Å². The van der Waals surface area contributed by atoms with Crippen molar-refractivity contribution in [1.29, 1.82) is 0 Å². The molecule has 0 spiro atoms. The number of carbonyl (C=O) groups excluding carboxylic acids is 2. The molecule has 0 aromatic heterocycles. The molecule has 0 radical (unpaired) electrons. The van der Waals surface area contributed by atoms with Crippen LogP contribution in [-0.2, 0) is 16.1 Å². The quantitative estimate of drug-likeness (QED) is 0.785. The maximum atomic E-state index is 11.8. The van der Waals surface area contributed by atoms with Crippen LogP contribution in [0.2, 0.25) is 0 Å². The van der Waals surface area contributed by atoms with E-state index in [-0.39, 0.29) is 6.61 Å². The smallest absolute Gasteiger partial charge is 0.411 e. The van der Waals surface area contributed by atoms with Gasteiger partial charge in [-0.3, -0.25) is 5.32 Å². The number of nitrogens with one attached hydrogen (secondary N) is 1. The van der Waals surface area contributed by atoms with E-state index in [4.69, 9.17) is 9.47 Å². The van der Waals surface area contributed by atoms with E-state index in [1.54, 1.807) is 25.1 Å². The van der Waals surface area contributed by atoms with Crippen LogP contribution in [-0.4, -0.2) is 18.7 Å². The maximum Gasteiger partial charge on any atom is 0.411 e. The third-order valence-corrected chi connectivity index (χ3v) is 3.59. The first-order valence-corrected chi connectivity index (χ1v) is 7.84. The van der Waals surface area contributed by atoms with Crippen molar-refractivity contribution in [3.05, 3.63) is 64.1 Å². The number of hydrogen-bond donors (Lipinski definition) is 1. The molecule has 1 amide bonds. The molecule has 2 aromatic rings. The topological polar surface area (TPSA) is 64.6 Å². The molecular weight excluding hydrogens is 362 g/mol. The molecule has 0 bridgehead atoms. The lowest BCUT2D eigenvalue weighted by Crippen LogP contribution is -2.14. The molecule has 0 heterocycles. The summed E-state index contributed by atoms with van der Waals surface area (Å²) in [5.41, 5.74) is 1.82. The maximum absolute atomic E-state index is 11.8. The Labute approximate surface area is 142 Å². The van der Waals surface area contributed by atoms with Gasteiger partial charge >= 0.3 is 12.1 Å². The first-order valence-electron chi connectivity index (χ1n) is 7.04. The minimum Gasteiger partial charge on any atom is -0.462 e. The van der Waals surface area contributed by atoms with Gasteiger partial charge in [0.2, 0.25) is 0 Å². The largest absolute Gasteiger partial charge is 0.462 e. The Kier molecular flexibility index (Phi) is 6.17. The molecule has 0 saturated heterocycles. The number of ether oxygens (including phenoxy) is 2. The average Bonchev–Trinajstić information content (AvgIpc) is 2.56. The van der Waals surface area contributed by atoms with Crippen LogP contribution in [0.25, 0.3) is 0 Å². The third kappa shape index (κ3) is 5.10. The minimum absolute atomic E-state index is 0.186. The predicted molar refractivity (Wildman–Crippen MR) is 90.3 cm³/mol. The second kappa shape index (κ2) is 8.33. The number of amides is 1. The summed E-state index contributed by atoms with van der Waals surface area (Å²) >= 11 is 3.31. The Balaban J connectivity index is 1.94. The van der Waals surface area contributed by atoms with Crippen molar-refractivity contribution in [1.82, 2.24) is 0 Å². The van der Waals surface area contributed by atoms with Crippen LogP contribution in [0, 0.1) is 0 Å². The molecule has 1 N–H and O–H groups in total. The number of halogens is 1. The number of rotatable bonds is 5. The summed E-state index contributed by atoms with van der Waals surface area (Å²) < 4.78 is 10.6. The Morgan fingerprint density at radius 3 is 2.48 bits per heavy atom. The van der Waals surface area contributed by atoms with E-state index >= 15 is 0 Å². The molecule has 6 heteroatoms. The Hall–Kier alpha value is -2.34. The van der Waals surface area contributed by atoms with Gasteiger partial charge in [-0.2, -0.15) is 0 Å². The van der Waals surface area contributed by atoms with Crippen LogP contribution >= 0.6 is 15.9 Å². The highest BCUT2D eigenvalue weighted by Gasteiger charge is 2.11. The Morgan fingerprint density at radius 2 is 1.83 bits per heavy atom. The lowest BCUT2D eigenvalue weighted by atomic mass is 10.2. The van der Waals surface area contributed by atoms with Crippen molar-refractivity contribution < 1.29 is 19.1 Å². The van der Waals surface area contributed by atoms with E-state index in [2.05, 4.69) is 21.2 Å². The highest BCUT2D eigenvalue weighted by molar-refractivity contribution is 9.10. The van der Waals surface area contributed by atoms with Gasteiger partial charge in [0, 0.05) is 4.47 Å². The monoisotopic (exact) mass is 377 g/mol. The van der Waals surface area contributed by atoms with Crippen molar-refractivity contribution in [2.75, 3.05) is 11.9 Å². The van der Waals surface area contributed by atoms with E-state index in [9.17, 15) is 9.59 Å². The van der Waals surface area contributed by atoms with Crippen molar-refractivity contribution in [3.8, 4) is 0 Å². The number of carbonyl (C=O) groups is 2. The fourth-order valence-electron chi connectivity index (χ4n) is 1.83. The van der Waals surface area contributed by atoms with Gasteiger partial charge in [-0.25, -0.2) is 9.59 Å². The van der Waals surface area contributed by atoms with Gasteiger partial charge in [0.1, 0.15) is 6.61 Å². The van der Waals surface area contributed by atoms with Gasteiger partial charge in [-0.05, 0) is 46.6 Å². The number of hydrogen-bond acceptors (Lipinski definition) is 4. The summed E-state index contributed by atoms with van der Waals surface area (Å²) in [4.78, 5) is 23.4. The molecule has 23 heavy (non-hydrogen) atoms. The highest BCUT2D eigenvalue weighted by Crippen LogP contribution is 2.24. The molecule has 0 aliphatic carbocycles. The molecule has 2 aromatic carbocycles. The molecule has 120 valence electrons. The van der Waals surface area contributed by atoms with Crippen LogP contribution in [0.15, 0.2) is 53.0 Å². The molecule has 5 nitrogen and oxygen atoms in total. The fourth-order valence-corrected chi connectivity index (χ4v) is 2.30. The van der Waals surface area contributed by atoms with Crippen molar-refractivity contribution in [2.24, 2.45) is 0 Å². The van der Waals surface area contributed by atoms with E-state index in [1.165, 1.54) is 0 Å². The first kappa shape index (κ1) is 17.0.